The quantitative estimate of drug-likeness (QED) is 0.875. The molecular formula is C13H14ClN3O2. The average Bonchev–Trinajstić information content (AvgIpc) is 2.33. The Kier molecular flexibility index (Phi) is 2.95. The van der Waals surface area contributed by atoms with E-state index < -0.39 is 0 Å². The Bertz CT molecular complexity index is 759. The summed E-state index contributed by atoms with van der Waals surface area (Å²) in [7, 11) is 1.66. The number of halogens is 1. The fourth-order valence-corrected chi connectivity index (χ4v) is 2.66. The maximum Gasteiger partial charge on any atom is 0.331 e. The van der Waals surface area contributed by atoms with Crippen LogP contribution in [0.15, 0.2) is 27.8 Å². The standard InChI is InChI=1S/C13H14ClN3O2/c1-16-10-4-2-3-9(14)11(10)12(18)17(13(16)19)7-8-5-15-6-8/h2-4,8,15H,5-7H2,1H3. The van der Waals surface area contributed by atoms with Gasteiger partial charge in [-0.3, -0.25) is 13.9 Å². The maximum absolute atomic E-state index is 12.4. The summed E-state index contributed by atoms with van der Waals surface area (Å²) in [5.74, 6) is 0.338. The van der Waals surface area contributed by atoms with Gasteiger partial charge in [-0.1, -0.05) is 17.7 Å². The first-order valence-corrected chi connectivity index (χ1v) is 6.56. The van der Waals surface area contributed by atoms with Crippen LogP contribution >= 0.6 is 11.6 Å². The van der Waals surface area contributed by atoms with Gasteiger partial charge in [0.15, 0.2) is 0 Å². The van der Waals surface area contributed by atoms with Crippen molar-refractivity contribution in [3.8, 4) is 0 Å². The van der Waals surface area contributed by atoms with E-state index in [1.807, 2.05) is 0 Å². The summed E-state index contributed by atoms with van der Waals surface area (Å²) in [6.45, 7) is 2.13. The van der Waals surface area contributed by atoms with E-state index in [-0.39, 0.29) is 11.2 Å². The van der Waals surface area contributed by atoms with Crippen LogP contribution in [0.25, 0.3) is 10.9 Å². The van der Waals surface area contributed by atoms with Gasteiger partial charge in [-0.25, -0.2) is 4.79 Å². The van der Waals surface area contributed by atoms with Crippen molar-refractivity contribution < 1.29 is 0 Å². The van der Waals surface area contributed by atoms with Crippen molar-refractivity contribution in [3.05, 3.63) is 44.1 Å². The van der Waals surface area contributed by atoms with Gasteiger partial charge in [0, 0.05) is 32.6 Å². The van der Waals surface area contributed by atoms with E-state index in [2.05, 4.69) is 5.32 Å². The van der Waals surface area contributed by atoms with Crippen LogP contribution in [0.5, 0.6) is 0 Å². The highest BCUT2D eigenvalue weighted by Crippen LogP contribution is 2.18. The van der Waals surface area contributed by atoms with Gasteiger partial charge < -0.3 is 5.32 Å². The van der Waals surface area contributed by atoms with Crippen molar-refractivity contribution in [3.63, 3.8) is 0 Å². The fourth-order valence-electron chi connectivity index (χ4n) is 2.41. The van der Waals surface area contributed by atoms with E-state index >= 15 is 0 Å². The number of rotatable bonds is 2. The molecule has 0 bridgehead atoms. The van der Waals surface area contributed by atoms with Crippen molar-refractivity contribution in [1.29, 1.82) is 0 Å². The third kappa shape index (κ3) is 1.89. The van der Waals surface area contributed by atoms with Crippen LogP contribution in [-0.2, 0) is 13.6 Å². The van der Waals surface area contributed by atoms with Crippen molar-refractivity contribution in [2.24, 2.45) is 13.0 Å². The number of nitrogens with zero attached hydrogens (tertiary/aromatic N) is 2. The molecule has 0 atom stereocenters. The summed E-state index contributed by atoms with van der Waals surface area (Å²) < 4.78 is 2.77. The zero-order valence-electron chi connectivity index (χ0n) is 10.5. The SMILES string of the molecule is Cn1c(=O)n(CC2CNC2)c(=O)c2c(Cl)cccc21. The van der Waals surface area contributed by atoms with E-state index in [1.165, 1.54) is 9.13 Å². The molecule has 1 aromatic heterocycles. The van der Waals surface area contributed by atoms with E-state index in [1.54, 1.807) is 25.2 Å². The Morgan fingerprint density at radius 1 is 1.37 bits per heavy atom. The van der Waals surface area contributed by atoms with E-state index in [4.69, 9.17) is 11.6 Å². The molecule has 6 heteroatoms. The largest absolute Gasteiger partial charge is 0.331 e. The molecule has 5 nitrogen and oxygen atoms in total. The van der Waals surface area contributed by atoms with Gasteiger partial charge in [0.05, 0.1) is 15.9 Å². The molecule has 1 saturated heterocycles. The highest BCUT2D eigenvalue weighted by atomic mass is 35.5. The molecule has 1 fully saturated rings. The van der Waals surface area contributed by atoms with Gasteiger partial charge >= 0.3 is 5.69 Å². The van der Waals surface area contributed by atoms with Gasteiger partial charge in [0.2, 0.25) is 0 Å². The number of aromatic nitrogens is 2. The number of fused-ring (bicyclic) bond motifs is 1. The summed E-state index contributed by atoms with van der Waals surface area (Å²) in [4.78, 5) is 24.7. The summed E-state index contributed by atoms with van der Waals surface area (Å²) in [6.07, 6.45) is 0. The highest BCUT2D eigenvalue weighted by Gasteiger charge is 2.21. The molecule has 1 N–H and O–H groups in total. The minimum Gasteiger partial charge on any atom is -0.316 e. The number of hydrogen-bond acceptors (Lipinski definition) is 3. The monoisotopic (exact) mass is 279 g/mol. The van der Waals surface area contributed by atoms with Crippen LogP contribution in [0.1, 0.15) is 0 Å². The second kappa shape index (κ2) is 4.51. The molecule has 0 saturated carbocycles. The van der Waals surface area contributed by atoms with Gasteiger partial charge in [-0.2, -0.15) is 0 Å². The topological polar surface area (TPSA) is 56.0 Å². The second-order valence-corrected chi connectivity index (χ2v) is 5.32. The first-order valence-electron chi connectivity index (χ1n) is 6.18. The lowest BCUT2D eigenvalue weighted by Gasteiger charge is -2.27. The first kappa shape index (κ1) is 12.4. The van der Waals surface area contributed by atoms with Gasteiger partial charge in [0.1, 0.15) is 0 Å². The summed E-state index contributed by atoms with van der Waals surface area (Å²) >= 11 is 6.10. The molecule has 0 aliphatic carbocycles. The van der Waals surface area contributed by atoms with Gasteiger partial charge in [0.25, 0.3) is 5.56 Å². The Balaban J connectivity index is 2.30. The molecule has 1 aromatic carbocycles. The molecule has 0 radical (unpaired) electrons. The minimum atomic E-state index is -0.296. The van der Waals surface area contributed by atoms with Crippen molar-refractivity contribution in [2.75, 3.05) is 13.1 Å². The summed E-state index contributed by atoms with van der Waals surface area (Å²) in [6, 6.07) is 5.15. The zero-order valence-corrected chi connectivity index (χ0v) is 11.3. The zero-order chi connectivity index (χ0) is 13.6. The number of aryl methyl sites for hydroxylation is 1. The predicted octanol–water partition coefficient (Wildman–Crippen LogP) is 0.573. The van der Waals surface area contributed by atoms with E-state index in [0.717, 1.165) is 13.1 Å². The lowest BCUT2D eigenvalue weighted by atomic mass is 10.0. The fraction of sp³-hybridized carbons (Fsp3) is 0.385. The number of nitrogens with one attached hydrogen (secondary N) is 1. The second-order valence-electron chi connectivity index (χ2n) is 4.92. The van der Waals surface area contributed by atoms with Crippen molar-refractivity contribution in [1.82, 2.24) is 14.5 Å². The molecule has 2 aromatic rings. The lowest BCUT2D eigenvalue weighted by Crippen LogP contribution is -2.49. The van der Waals surface area contributed by atoms with Crippen molar-refractivity contribution >= 4 is 22.5 Å². The maximum atomic E-state index is 12.4. The molecule has 0 unspecified atom stereocenters. The molecular weight excluding hydrogens is 266 g/mol. The lowest BCUT2D eigenvalue weighted by molar-refractivity contribution is 0.298. The van der Waals surface area contributed by atoms with Crippen LogP contribution in [-0.4, -0.2) is 22.2 Å². The summed E-state index contributed by atoms with van der Waals surface area (Å²) in [5.41, 5.74) is -0.00671. The molecule has 1 aliphatic rings. The van der Waals surface area contributed by atoms with E-state index in [9.17, 15) is 9.59 Å². The molecule has 19 heavy (non-hydrogen) atoms. The highest BCUT2D eigenvalue weighted by molar-refractivity contribution is 6.35. The smallest absolute Gasteiger partial charge is 0.316 e. The van der Waals surface area contributed by atoms with Crippen LogP contribution in [0.3, 0.4) is 0 Å². The van der Waals surface area contributed by atoms with Crippen LogP contribution < -0.4 is 16.6 Å². The van der Waals surface area contributed by atoms with Crippen LogP contribution in [0.4, 0.5) is 0 Å². The molecule has 1 aliphatic heterocycles. The van der Waals surface area contributed by atoms with Crippen molar-refractivity contribution in [2.45, 2.75) is 6.54 Å². The molecule has 3 rings (SSSR count). The minimum absolute atomic E-state index is 0.285. The molecule has 0 spiro atoms. The third-order valence-corrected chi connectivity index (χ3v) is 3.95. The van der Waals surface area contributed by atoms with E-state index in [0.29, 0.717) is 28.4 Å². The van der Waals surface area contributed by atoms with Gasteiger partial charge in [-0.05, 0) is 12.1 Å². The van der Waals surface area contributed by atoms with Gasteiger partial charge in [-0.15, -0.1) is 0 Å². The molecule has 2 heterocycles. The first-order chi connectivity index (χ1) is 9.09. The normalized spacial score (nSPS) is 15.7. The third-order valence-electron chi connectivity index (χ3n) is 3.64. The Hall–Kier alpha value is -1.59. The Morgan fingerprint density at radius 2 is 2.11 bits per heavy atom. The number of benzene rings is 1. The Morgan fingerprint density at radius 3 is 2.74 bits per heavy atom. The molecule has 100 valence electrons. The van der Waals surface area contributed by atoms with Crippen LogP contribution in [0.2, 0.25) is 5.02 Å². The summed E-state index contributed by atoms with van der Waals surface area (Å²) in [5, 5.41) is 3.94. The predicted molar refractivity (Wildman–Crippen MR) is 74.8 cm³/mol. The Labute approximate surface area is 114 Å². The average molecular weight is 280 g/mol. The van der Waals surface area contributed by atoms with Crippen LogP contribution in [0, 0.1) is 5.92 Å². The number of hydrogen-bond donors (Lipinski definition) is 1. The molecule has 0 amide bonds.